The van der Waals surface area contributed by atoms with Crippen molar-refractivity contribution < 1.29 is 9.21 Å². The van der Waals surface area contributed by atoms with Gasteiger partial charge in [0.2, 0.25) is 5.95 Å². The van der Waals surface area contributed by atoms with Crippen LogP contribution in [0.3, 0.4) is 0 Å². The minimum Gasteiger partial charge on any atom is -0.422 e. The molecule has 9 nitrogen and oxygen atoms in total. The van der Waals surface area contributed by atoms with Gasteiger partial charge in [-0.1, -0.05) is 18.2 Å². The number of aromatic nitrogens is 2. The molecule has 172 valence electrons. The summed E-state index contributed by atoms with van der Waals surface area (Å²) < 4.78 is 5.34. The smallest absolute Gasteiger partial charge is 0.349 e. The summed E-state index contributed by atoms with van der Waals surface area (Å²) in [5.41, 5.74) is 0.893. The van der Waals surface area contributed by atoms with Gasteiger partial charge in [0.15, 0.2) is 0 Å². The van der Waals surface area contributed by atoms with Crippen molar-refractivity contribution in [3.05, 3.63) is 58.1 Å². The molecule has 0 atom stereocenters. The Morgan fingerprint density at radius 3 is 2.36 bits per heavy atom. The van der Waals surface area contributed by atoms with Crippen molar-refractivity contribution >= 4 is 28.6 Å². The lowest BCUT2D eigenvalue weighted by atomic mass is 10.1. The Hall–Kier alpha value is -3.46. The van der Waals surface area contributed by atoms with Gasteiger partial charge in [0.1, 0.15) is 17.0 Å². The van der Waals surface area contributed by atoms with Gasteiger partial charge in [-0.3, -0.25) is 4.79 Å². The van der Waals surface area contributed by atoms with Crippen LogP contribution in [0.2, 0.25) is 0 Å². The zero-order valence-corrected chi connectivity index (χ0v) is 19.0. The quantitative estimate of drug-likeness (QED) is 0.559. The van der Waals surface area contributed by atoms with E-state index < -0.39 is 5.63 Å². The average molecular weight is 449 g/mol. The number of benzene rings is 1. The molecule has 2 aromatic heterocycles. The average Bonchev–Trinajstić information content (AvgIpc) is 2.83. The van der Waals surface area contributed by atoms with E-state index in [0.29, 0.717) is 37.7 Å². The first-order chi connectivity index (χ1) is 16.0. The van der Waals surface area contributed by atoms with E-state index in [0.717, 1.165) is 43.1 Å². The molecule has 0 radical (unpaired) electrons. The summed E-state index contributed by atoms with van der Waals surface area (Å²) in [6.07, 6.45) is 0. The number of rotatable bonds is 3. The molecule has 2 saturated heterocycles. The van der Waals surface area contributed by atoms with Crippen molar-refractivity contribution in [2.45, 2.75) is 6.92 Å². The van der Waals surface area contributed by atoms with Crippen LogP contribution in [0, 0.1) is 6.92 Å². The van der Waals surface area contributed by atoms with Crippen molar-refractivity contribution in [3.8, 4) is 0 Å². The molecule has 9 heteroatoms. The van der Waals surface area contributed by atoms with Gasteiger partial charge in [0, 0.05) is 69.5 Å². The van der Waals surface area contributed by atoms with E-state index in [9.17, 15) is 9.59 Å². The number of likely N-dealkylation sites (N-methyl/N-ethyl adjacent to an activating group) is 1. The molecule has 1 amide bonds. The minimum atomic E-state index is -0.597. The molecule has 0 spiro atoms. The second kappa shape index (κ2) is 8.82. The molecule has 1 aromatic carbocycles. The summed E-state index contributed by atoms with van der Waals surface area (Å²) in [4.78, 5) is 43.4. The van der Waals surface area contributed by atoms with Gasteiger partial charge in [-0.25, -0.2) is 9.78 Å². The fourth-order valence-electron chi connectivity index (χ4n) is 4.37. The van der Waals surface area contributed by atoms with E-state index in [2.05, 4.69) is 26.7 Å². The van der Waals surface area contributed by atoms with Crippen LogP contribution in [0.25, 0.3) is 11.0 Å². The lowest BCUT2D eigenvalue weighted by molar-refractivity contribution is 0.0742. The predicted octanol–water partition coefficient (Wildman–Crippen LogP) is 1.61. The molecule has 0 N–H and O–H groups in total. The monoisotopic (exact) mass is 448 g/mol. The maximum Gasteiger partial charge on any atom is 0.349 e. The van der Waals surface area contributed by atoms with Crippen LogP contribution in [0.5, 0.6) is 0 Å². The molecular weight excluding hydrogens is 420 g/mol. The lowest BCUT2D eigenvalue weighted by Crippen LogP contribution is -2.50. The summed E-state index contributed by atoms with van der Waals surface area (Å²) in [5, 5.41) is 0.740. The minimum absolute atomic E-state index is 0.0753. The zero-order valence-electron chi connectivity index (χ0n) is 19.0. The Kier molecular flexibility index (Phi) is 5.72. The number of fused-ring (bicyclic) bond motifs is 1. The lowest BCUT2D eigenvalue weighted by Gasteiger charge is -2.36. The molecule has 0 bridgehead atoms. The van der Waals surface area contributed by atoms with Crippen molar-refractivity contribution in [1.82, 2.24) is 19.8 Å². The number of hydrogen-bond acceptors (Lipinski definition) is 8. The van der Waals surface area contributed by atoms with Crippen LogP contribution in [-0.4, -0.2) is 85.1 Å². The van der Waals surface area contributed by atoms with Crippen LogP contribution < -0.4 is 15.4 Å². The highest BCUT2D eigenvalue weighted by molar-refractivity contribution is 5.96. The standard InChI is InChI=1S/C24H28N6O3/c1-17-15-21(28-9-7-27(2)8-10-28)26-24(25-17)30-13-11-29(12-14-30)22(31)19-16-18-5-3-4-6-20(18)33-23(19)32/h3-6,15-16H,7-14H2,1-2H3. The fraction of sp³-hybridized carbons (Fsp3) is 0.417. The molecule has 2 aliphatic heterocycles. The summed E-state index contributed by atoms with van der Waals surface area (Å²) in [6.45, 7) is 8.12. The second-order valence-electron chi connectivity index (χ2n) is 8.72. The third kappa shape index (κ3) is 4.41. The number of para-hydroxylation sites is 1. The second-order valence-corrected chi connectivity index (χ2v) is 8.72. The van der Waals surface area contributed by atoms with Crippen LogP contribution in [0.4, 0.5) is 11.8 Å². The molecule has 0 aliphatic carbocycles. The molecule has 3 aromatic rings. The van der Waals surface area contributed by atoms with Crippen LogP contribution >= 0.6 is 0 Å². The topological polar surface area (TPSA) is 86.0 Å². The number of carbonyl (C=O) groups excluding carboxylic acids is 1. The van der Waals surface area contributed by atoms with Gasteiger partial charge in [-0.2, -0.15) is 4.98 Å². The largest absolute Gasteiger partial charge is 0.422 e. The summed E-state index contributed by atoms with van der Waals surface area (Å²) in [6, 6.07) is 10.9. The summed E-state index contributed by atoms with van der Waals surface area (Å²) in [7, 11) is 2.14. The van der Waals surface area contributed by atoms with Gasteiger partial charge in [-0.15, -0.1) is 0 Å². The van der Waals surface area contributed by atoms with Crippen LogP contribution in [0.1, 0.15) is 16.1 Å². The maximum atomic E-state index is 13.1. The van der Waals surface area contributed by atoms with E-state index in [1.807, 2.05) is 25.1 Å². The number of nitrogens with zero attached hydrogens (tertiary/aromatic N) is 6. The van der Waals surface area contributed by atoms with Gasteiger partial charge in [-0.05, 0) is 26.1 Å². The maximum absolute atomic E-state index is 13.1. The number of carbonyl (C=O) groups is 1. The highest BCUT2D eigenvalue weighted by Crippen LogP contribution is 2.21. The van der Waals surface area contributed by atoms with Gasteiger partial charge < -0.3 is 24.0 Å². The normalized spacial score (nSPS) is 17.6. The summed E-state index contributed by atoms with van der Waals surface area (Å²) in [5.74, 6) is 1.36. The van der Waals surface area contributed by atoms with Gasteiger partial charge in [0.05, 0.1) is 0 Å². The number of amides is 1. The molecule has 5 rings (SSSR count). The first kappa shape index (κ1) is 21.4. The molecular formula is C24H28N6O3. The molecule has 0 saturated carbocycles. The van der Waals surface area contributed by atoms with Crippen molar-refractivity contribution in [1.29, 1.82) is 0 Å². The SMILES string of the molecule is Cc1cc(N2CCN(C)CC2)nc(N2CCN(C(=O)c3cc4ccccc4oc3=O)CC2)n1. The van der Waals surface area contributed by atoms with Gasteiger partial charge in [0.25, 0.3) is 5.91 Å². The van der Waals surface area contributed by atoms with E-state index in [-0.39, 0.29) is 11.5 Å². The fourth-order valence-corrected chi connectivity index (χ4v) is 4.37. The highest BCUT2D eigenvalue weighted by Gasteiger charge is 2.27. The Morgan fingerprint density at radius 1 is 0.909 bits per heavy atom. The summed E-state index contributed by atoms with van der Waals surface area (Å²) >= 11 is 0. The molecule has 2 aliphatic rings. The molecule has 0 unspecified atom stereocenters. The van der Waals surface area contributed by atoms with Crippen molar-refractivity contribution in [2.75, 3.05) is 69.2 Å². The van der Waals surface area contributed by atoms with Gasteiger partial charge >= 0.3 is 5.63 Å². The van der Waals surface area contributed by atoms with E-state index in [4.69, 9.17) is 9.40 Å². The van der Waals surface area contributed by atoms with Crippen molar-refractivity contribution in [2.24, 2.45) is 0 Å². The first-order valence-corrected chi connectivity index (χ1v) is 11.3. The Labute approximate surface area is 192 Å². The number of aryl methyl sites for hydroxylation is 1. The molecule has 4 heterocycles. The number of piperazine rings is 2. The van der Waals surface area contributed by atoms with Crippen molar-refractivity contribution in [3.63, 3.8) is 0 Å². The Morgan fingerprint density at radius 2 is 1.61 bits per heavy atom. The van der Waals surface area contributed by atoms with Crippen LogP contribution in [-0.2, 0) is 0 Å². The highest BCUT2D eigenvalue weighted by atomic mass is 16.4. The first-order valence-electron chi connectivity index (χ1n) is 11.3. The predicted molar refractivity (Wildman–Crippen MR) is 127 cm³/mol. The molecule has 33 heavy (non-hydrogen) atoms. The zero-order chi connectivity index (χ0) is 22.9. The number of hydrogen-bond donors (Lipinski definition) is 0. The Bertz CT molecular complexity index is 1230. The molecule has 2 fully saturated rings. The third-order valence-corrected chi connectivity index (χ3v) is 6.38. The van der Waals surface area contributed by atoms with E-state index >= 15 is 0 Å². The number of anilines is 2. The Balaban J connectivity index is 1.29. The van der Waals surface area contributed by atoms with E-state index in [1.54, 1.807) is 23.1 Å². The van der Waals surface area contributed by atoms with Crippen LogP contribution in [0.15, 0.2) is 45.6 Å². The van der Waals surface area contributed by atoms with E-state index in [1.165, 1.54) is 0 Å². The third-order valence-electron chi connectivity index (χ3n) is 6.38.